The van der Waals surface area contributed by atoms with Crippen molar-refractivity contribution in [3.05, 3.63) is 0 Å². The third-order valence-corrected chi connectivity index (χ3v) is 3.19. The molecule has 1 atom stereocenters. The van der Waals surface area contributed by atoms with Crippen molar-refractivity contribution in [2.75, 3.05) is 12.2 Å². The molecule has 0 spiro atoms. The minimum Gasteiger partial charge on any atom is -0.344 e. The maximum Gasteiger partial charge on any atom is 0.374 e. The van der Waals surface area contributed by atoms with Crippen LogP contribution in [0.4, 0.5) is 8.78 Å². The molecule has 0 aromatic carbocycles. The second-order valence-corrected chi connectivity index (χ2v) is 6.77. The van der Waals surface area contributed by atoms with Crippen LogP contribution in [0.3, 0.4) is 0 Å². The summed E-state index contributed by atoms with van der Waals surface area (Å²) < 4.78 is 29.3. The van der Waals surface area contributed by atoms with E-state index in [2.05, 4.69) is 21.6 Å². The van der Waals surface area contributed by atoms with Crippen molar-refractivity contribution in [2.45, 2.75) is 26.0 Å². The van der Waals surface area contributed by atoms with Gasteiger partial charge in [-0.3, -0.25) is 4.52 Å². The van der Waals surface area contributed by atoms with Crippen LogP contribution in [-0.2, 0) is 16.3 Å². The van der Waals surface area contributed by atoms with Crippen LogP contribution in [0.15, 0.2) is 0 Å². The van der Waals surface area contributed by atoms with Crippen molar-refractivity contribution in [1.82, 2.24) is 5.32 Å². The van der Waals surface area contributed by atoms with Crippen LogP contribution in [0, 0.1) is 0 Å². The number of alkyl halides is 3. The largest absolute Gasteiger partial charge is 0.374 e. The normalized spacial score (nSPS) is 17.1. The summed E-state index contributed by atoms with van der Waals surface area (Å²) in [6.07, 6.45) is -3.73. The third-order valence-electron chi connectivity index (χ3n) is 1.13. The fourth-order valence-corrected chi connectivity index (χ4v) is 2.39. The fraction of sp³-hybridized carbons (Fsp3) is 1.00. The number of hydrogen-bond acceptors (Lipinski definition) is 3. The fourth-order valence-electron chi connectivity index (χ4n) is 0.563. The van der Waals surface area contributed by atoms with E-state index < -0.39 is 18.5 Å². The van der Waals surface area contributed by atoms with Gasteiger partial charge in [-0.1, -0.05) is 13.8 Å². The Hall–Kier alpha value is 0.680. The Bertz CT molecular complexity index is 230. The van der Waals surface area contributed by atoms with Crippen LogP contribution in [0.5, 0.6) is 0 Å². The summed E-state index contributed by atoms with van der Waals surface area (Å²) in [4.78, 5) is 9.33. The van der Waals surface area contributed by atoms with Gasteiger partial charge in [0, 0.05) is 6.04 Å². The van der Waals surface area contributed by atoms with Gasteiger partial charge in [0.2, 0.25) is 6.49 Å². The molecule has 8 heteroatoms. The average Bonchev–Trinajstić information content (AvgIpc) is 1.99. The summed E-state index contributed by atoms with van der Waals surface area (Å²) in [5.74, 6) is -1.02. The lowest BCUT2D eigenvalue weighted by atomic mass is 10.4. The molecule has 2 N–H and O–H groups in total. The predicted octanol–water partition coefficient (Wildman–Crippen LogP) is 2.09. The van der Waals surface area contributed by atoms with Crippen LogP contribution in [0.25, 0.3) is 0 Å². The Morgan fingerprint density at radius 2 is 2.14 bits per heavy atom. The first-order chi connectivity index (χ1) is 6.18. The van der Waals surface area contributed by atoms with Gasteiger partial charge in [-0.05, 0) is 11.8 Å². The summed E-state index contributed by atoms with van der Waals surface area (Å²) in [5, 5.41) is 2.73. The molecule has 0 saturated heterocycles. The van der Waals surface area contributed by atoms with E-state index in [1.165, 1.54) is 0 Å². The molecule has 14 heavy (non-hydrogen) atoms. The highest BCUT2D eigenvalue weighted by Crippen LogP contribution is 2.46. The van der Waals surface area contributed by atoms with E-state index in [1.54, 1.807) is 13.8 Å². The number of halogens is 3. The lowest BCUT2D eigenvalue weighted by Crippen LogP contribution is -2.28. The van der Waals surface area contributed by atoms with Crippen LogP contribution in [0.2, 0.25) is 0 Å². The topological polar surface area (TPSA) is 41.5 Å². The van der Waals surface area contributed by atoms with Crippen molar-refractivity contribution in [1.29, 1.82) is 0 Å². The lowest BCUT2D eigenvalue weighted by molar-refractivity contribution is -0.155. The van der Waals surface area contributed by atoms with Gasteiger partial charge < -0.3 is 10.2 Å². The number of hydrogen-bond donors (Lipinski definition) is 2. The first-order valence-electron chi connectivity index (χ1n) is 3.88. The molecule has 0 aliphatic carbocycles. The number of rotatable bonds is 6. The van der Waals surface area contributed by atoms with E-state index in [-0.39, 0.29) is 12.3 Å². The van der Waals surface area contributed by atoms with E-state index in [0.717, 1.165) is 0 Å². The first-order valence-corrected chi connectivity index (χ1v) is 7.27. The smallest absolute Gasteiger partial charge is 0.344 e. The molecule has 0 saturated carbocycles. The molecule has 0 bridgehead atoms. The summed E-state index contributed by atoms with van der Waals surface area (Å²) in [5.41, 5.74) is 0. The lowest BCUT2D eigenvalue weighted by Gasteiger charge is -2.22. The van der Waals surface area contributed by atoms with E-state index >= 15 is 0 Å². The summed E-state index contributed by atoms with van der Waals surface area (Å²) in [6, 6.07) is 0.0395. The van der Waals surface area contributed by atoms with Gasteiger partial charge in [0.05, 0.1) is 6.29 Å². The van der Waals surface area contributed by atoms with Crippen LogP contribution >= 0.6 is 18.1 Å². The molecular weight excluding hydrogens is 255 g/mol. The maximum atomic E-state index is 12.6. The Kier molecular flexibility index (Phi) is 5.95. The quantitative estimate of drug-likeness (QED) is 0.571. The SMILES string of the molecule is CC(C)NCP(O)(=S)OC(F)(F)CCl. The standard InChI is InChI=1S/C6H13ClF2NO2PS/c1-5(2)10-4-13(11,14)12-6(8,9)3-7/h5,10H,3-4H2,1-2H3,(H,11,14). The minimum atomic E-state index is -3.56. The van der Waals surface area contributed by atoms with E-state index in [1.807, 2.05) is 0 Å². The molecule has 1 unspecified atom stereocenters. The maximum absolute atomic E-state index is 12.6. The molecule has 0 rings (SSSR count). The monoisotopic (exact) mass is 267 g/mol. The van der Waals surface area contributed by atoms with Crippen LogP contribution < -0.4 is 5.32 Å². The van der Waals surface area contributed by atoms with Gasteiger partial charge in [0.25, 0.3) is 0 Å². The van der Waals surface area contributed by atoms with Crippen molar-refractivity contribution in [3.63, 3.8) is 0 Å². The molecule has 0 aromatic rings. The Morgan fingerprint density at radius 3 is 2.50 bits per heavy atom. The second kappa shape index (κ2) is 5.68. The molecule has 86 valence electrons. The molecule has 0 heterocycles. The Morgan fingerprint density at radius 1 is 1.64 bits per heavy atom. The molecule has 0 aliphatic heterocycles. The van der Waals surface area contributed by atoms with Gasteiger partial charge in [-0.2, -0.15) is 8.78 Å². The molecule has 0 amide bonds. The van der Waals surface area contributed by atoms with Gasteiger partial charge in [0.1, 0.15) is 5.88 Å². The highest BCUT2D eigenvalue weighted by Gasteiger charge is 2.35. The highest BCUT2D eigenvalue weighted by molar-refractivity contribution is 8.09. The van der Waals surface area contributed by atoms with E-state index in [0.29, 0.717) is 0 Å². The van der Waals surface area contributed by atoms with Gasteiger partial charge >= 0.3 is 6.11 Å². The van der Waals surface area contributed by atoms with Gasteiger partial charge in [-0.25, -0.2) is 0 Å². The van der Waals surface area contributed by atoms with E-state index in [9.17, 15) is 13.7 Å². The van der Waals surface area contributed by atoms with Gasteiger partial charge in [-0.15, -0.1) is 11.6 Å². The molecule has 0 radical (unpaired) electrons. The van der Waals surface area contributed by atoms with Crippen LogP contribution in [-0.4, -0.2) is 29.2 Å². The third kappa shape index (κ3) is 7.04. The zero-order chi connectivity index (χ0) is 11.4. The minimum absolute atomic E-state index is 0.0395. The van der Waals surface area contributed by atoms with Crippen molar-refractivity contribution < 1.29 is 18.2 Å². The molecule has 0 fully saturated rings. The first kappa shape index (κ1) is 14.7. The van der Waals surface area contributed by atoms with Crippen LogP contribution in [0.1, 0.15) is 13.8 Å². The summed E-state index contributed by atoms with van der Waals surface area (Å²) >= 11 is 9.45. The molecular formula is C6H13ClF2NO2PS. The van der Waals surface area contributed by atoms with Crippen molar-refractivity contribution in [3.8, 4) is 0 Å². The Balaban J connectivity index is 4.14. The van der Waals surface area contributed by atoms with Crippen molar-refractivity contribution >= 4 is 29.9 Å². The predicted molar refractivity (Wildman–Crippen MR) is 56.4 cm³/mol. The zero-order valence-electron chi connectivity index (χ0n) is 7.84. The average molecular weight is 268 g/mol. The molecule has 3 nitrogen and oxygen atoms in total. The Labute approximate surface area is 91.9 Å². The number of nitrogens with one attached hydrogen (secondary N) is 1. The highest BCUT2D eigenvalue weighted by atomic mass is 35.5. The summed E-state index contributed by atoms with van der Waals surface area (Å²) in [6.45, 7) is 0.105. The summed E-state index contributed by atoms with van der Waals surface area (Å²) in [7, 11) is 0. The second-order valence-electron chi connectivity index (χ2n) is 3.02. The molecule has 0 aliphatic rings. The van der Waals surface area contributed by atoms with E-state index in [4.69, 9.17) is 11.6 Å². The van der Waals surface area contributed by atoms with Gasteiger partial charge in [0.15, 0.2) is 0 Å². The van der Waals surface area contributed by atoms with Crippen molar-refractivity contribution in [2.24, 2.45) is 0 Å². The molecule has 0 aromatic heterocycles. The zero-order valence-corrected chi connectivity index (χ0v) is 10.3.